The summed E-state index contributed by atoms with van der Waals surface area (Å²) in [6, 6.07) is 14.2. The van der Waals surface area contributed by atoms with Gasteiger partial charge in [-0.25, -0.2) is 0 Å². The second-order valence-corrected chi connectivity index (χ2v) is 4.58. The van der Waals surface area contributed by atoms with Crippen LogP contribution in [0.15, 0.2) is 48.5 Å². The summed E-state index contributed by atoms with van der Waals surface area (Å²) in [4.78, 5) is 11.8. The van der Waals surface area contributed by atoms with Crippen molar-refractivity contribution in [2.24, 2.45) is 0 Å². The van der Waals surface area contributed by atoms with E-state index in [0.29, 0.717) is 17.1 Å². The molecule has 0 aromatic heterocycles. The zero-order chi connectivity index (χ0) is 13.7. The topological polar surface area (TPSA) is 49.3 Å². The molecule has 98 valence electrons. The fraction of sp³-hybridized carbons (Fsp3) is 0.133. The smallest absolute Gasteiger partial charge is 0.224 e. The predicted octanol–water partition coefficient (Wildman–Crippen LogP) is 2.90. The summed E-state index contributed by atoms with van der Waals surface area (Å²) in [7, 11) is 0. The van der Waals surface area contributed by atoms with Gasteiger partial charge in [-0.3, -0.25) is 4.79 Å². The third kappa shape index (κ3) is 3.73. The van der Waals surface area contributed by atoms with E-state index in [1.165, 1.54) is 0 Å². The molecule has 0 saturated heterocycles. The standard InChI is InChI=1S/C15H14ClNO2/c16-13-7-3-1-6-12(13)10-17-15(19)9-11-5-2-4-8-14(11)18/h1-8,18H,9-10H2,(H,17,19). The van der Waals surface area contributed by atoms with Crippen LogP contribution < -0.4 is 5.32 Å². The number of hydrogen-bond acceptors (Lipinski definition) is 2. The number of carbonyl (C=O) groups excluding carboxylic acids is 1. The van der Waals surface area contributed by atoms with E-state index >= 15 is 0 Å². The fourth-order valence-electron chi connectivity index (χ4n) is 1.73. The molecule has 0 saturated carbocycles. The molecule has 0 spiro atoms. The number of phenolic OH excluding ortho intramolecular Hbond substituents is 1. The quantitative estimate of drug-likeness (QED) is 0.901. The van der Waals surface area contributed by atoms with Gasteiger partial charge in [-0.05, 0) is 17.7 Å². The first kappa shape index (κ1) is 13.4. The number of para-hydroxylation sites is 1. The molecule has 1 amide bonds. The molecule has 2 N–H and O–H groups in total. The molecule has 0 unspecified atom stereocenters. The molecule has 0 atom stereocenters. The molecular formula is C15H14ClNO2. The normalized spacial score (nSPS) is 10.2. The number of halogens is 1. The zero-order valence-corrected chi connectivity index (χ0v) is 11.0. The largest absolute Gasteiger partial charge is 0.508 e. The molecule has 0 aliphatic heterocycles. The molecule has 2 aromatic carbocycles. The Labute approximate surface area is 116 Å². The van der Waals surface area contributed by atoms with E-state index < -0.39 is 0 Å². The Morgan fingerprint density at radius 3 is 2.37 bits per heavy atom. The van der Waals surface area contributed by atoms with Crippen molar-refractivity contribution < 1.29 is 9.90 Å². The lowest BCUT2D eigenvalue weighted by molar-refractivity contribution is -0.120. The monoisotopic (exact) mass is 275 g/mol. The highest BCUT2D eigenvalue weighted by atomic mass is 35.5. The summed E-state index contributed by atoms with van der Waals surface area (Å²) in [6.07, 6.45) is 0.150. The van der Waals surface area contributed by atoms with Crippen molar-refractivity contribution in [2.45, 2.75) is 13.0 Å². The Kier molecular flexibility index (Phi) is 4.42. The van der Waals surface area contributed by atoms with Crippen LogP contribution >= 0.6 is 11.6 Å². The number of carbonyl (C=O) groups is 1. The number of rotatable bonds is 4. The van der Waals surface area contributed by atoms with Crippen LogP contribution in [0.2, 0.25) is 5.02 Å². The van der Waals surface area contributed by atoms with E-state index in [4.69, 9.17) is 11.6 Å². The lowest BCUT2D eigenvalue weighted by Crippen LogP contribution is -2.24. The van der Waals surface area contributed by atoms with Gasteiger partial charge in [0, 0.05) is 17.1 Å². The van der Waals surface area contributed by atoms with Crippen molar-refractivity contribution in [1.82, 2.24) is 5.32 Å². The molecule has 0 bridgehead atoms. The summed E-state index contributed by atoms with van der Waals surface area (Å²) in [5.41, 5.74) is 1.48. The van der Waals surface area contributed by atoms with Gasteiger partial charge in [-0.1, -0.05) is 48.0 Å². The van der Waals surface area contributed by atoms with E-state index in [2.05, 4.69) is 5.32 Å². The first-order chi connectivity index (χ1) is 9.16. The van der Waals surface area contributed by atoms with Crippen LogP contribution in [-0.2, 0) is 17.8 Å². The molecule has 4 heteroatoms. The Hall–Kier alpha value is -2.00. The van der Waals surface area contributed by atoms with Crippen molar-refractivity contribution in [3.63, 3.8) is 0 Å². The molecule has 0 heterocycles. The second kappa shape index (κ2) is 6.25. The number of benzene rings is 2. The maximum atomic E-state index is 11.8. The van der Waals surface area contributed by atoms with Gasteiger partial charge in [-0.2, -0.15) is 0 Å². The van der Waals surface area contributed by atoms with Crippen molar-refractivity contribution in [1.29, 1.82) is 0 Å². The summed E-state index contributed by atoms with van der Waals surface area (Å²) < 4.78 is 0. The van der Waals surface area contributed by atoms with Gasteiger partial charge in [-0.15, -0.1) is 0 Å². The van der Waals surface area contributed by atoms with Crippen LogP contribution in [0.4, 0.5) is 0 Å². The average Bonchev–Trinajstić information content (AvgIpc) is 2.40. The summed E-state index contributed by atoms with van der Waals surface area (Å²) in [5.74, 6) is -0.0168. The molecule has 2 rings (SSSR count). The maximum Gasteiger partial charge on any atom is 0.224 e. The zero-order valence-electron chi connectivity index (χ0n) is 10.3. The van der Waals surface area contributed by atoms with Crippen molar-refractivity contribution >= 4 is 17.5 Å². The average molecular weight is 276 g/mol. The molecule has 2 aromatic rings. The lowest BCUT2D eigenvalue weighted by atomic mass is 10.1. The number of phenols is 1. The summed E-state index contributed by atoms with van der Waals surface area (Å²) in [6.45, 7) is 0.381. The van der Waals surface area contributed by atoms with Crippen LogP contribution in [0, 0.1) is 0 Å². The van der Waals surface area contributed by atoms with Crippen LogP contribution in [0.1, 0.15) is 11.1 Å². The van der Waals surface area contributed by atoms with E-state index in [1.54, 1.807) is 30.3 Å². The Morgan fingerprint density at radius 2 is 1.68 bits per heavy atom. The number of amides is 1. The third-order valence-corrected chi connectivity index (χ3v) is 3.15. The lowest BCUT2D eigenvalue weighted by Gasteiger charge is -2.07. The Morgan fingerprint density at radius 1 is 1.05 bits per heavy atom. The molecule has 0 radical (unpaired) electrons. The molecule has 19 heavy (non-hydrogen) atoms. The molecule has 0 aliphatic carbocycles. The van der Waals surface area contributed by atoms with Gasteiger partial charge in [0.05, 0.1) is 6.42 Å². The second-order valence-electron chi connectivity index (χ2n) is 4.17. The minimum atomic E-state index is -0.151. The molecular weight excluding hydrogens is 262 g/mol. The number of hydrogen-bond donors (Lipinski definition) is 2. The van der Waals surface area contributed by atoms with Gasteiger partial charge in [0.2, 0.25) is 5.91 Å². The van der Waals surface area contributed by atoms with Crippen LogP contribution in [0.3, 0.4) is 0 Å². The minimum absolute atomic E-state index is 0.135. The number of aromatic hydroxyl groups is 1. The minimum Gasteiger partial charge on any atom is -0.508 e. The van der Waals surface area contributed by atoms with E-state index in [0.717, 1.165) is 5.56 Å². The van der Waals surface area contributed by atoms with Gasteiger partial charge >= 0.3 is 0 Å². The van der Waals surface area contributed by atoms with Gasteiger partial charge in [0.25, 0.3) is 0 Å². The van der Waals surface area contributed by atoms with Crippen molar-refractivity contribution in [3.05, 3.63) is 64.7 Å². The van der Waals surface area contributed by atoms with E-state index in [9.17, 15) is 9.90 Å². The van der Waals surface area contributed by atoms with Crippen LogP contribution in [0.25, 0.3) is 0 Å². The van der Waals surface area contributed by atoms with Gasteiger partial charge < -0.3 is 10.4 Å². The van der Waals surface area contributed by atoms with Crippen LogP contribution in [-0.4, -0.2) is 11.0 Å². The molecule has 3 nitrogen and oxygen atoms in total. The SMILES string of the molecule is O=C(Cc1ccccc1O)NCc1ccccc1Cl. The van der Waals surface area contributed by atoms with Crippen molar-refractivity contribution in [2.75, 3.05) is 0 Å². The predicted molar refractivity (Wildman–Crippen MR) is 75.1 cm³/mol. The number of nitrogens with one attached hydrogen (secondary N) is 1. The molecule has 0 fully saturated rings. The third-order valence-electron chi connectivity index (χ3n) is 2.78. The van der Waals surface area contributed by atoms with Gasteiger partial charge in [0.15, 0.2) is 0 Å². The van der Waals surface area contributed by atoms with E-state index in [1.807, 2.05) is 18.2 Å². The maximum absolute atomic E-state index is 11.8. The highest BCUT2D eigenvalue weighted by molar-refractivity contribution is 6.31. The highest BCUT2D eigenvalue weighted by Crippen LogP contribution is 2.17. The highest BCUT2D eigenvalue weighted by Gasteiger charge is 2.07. The fourth-order valence-corrected chi connectivity index (χ4v) is 1.93. The first-order valence-corrected chi connectivity index (χ1v) is 6.31. The van der Waals surface area contributed by atoms with E-state index in [-0.39, 0.29) is 18.1 Å². The van der Waals surface area contributed by atoms with Crippen molar-refractivity contribution in [3.8, 4) is 5.75 Å². The van der Waals surface area contributed by atoms with Gasteiger partial charge in [0.1, 0.15) is 5.75 Å². The first-order valence-electron chi connectivity index (χ1n) is 5.94. The summed E-state index contributed by atoms with van der Waals surface area (Å²) >= 11 is 6.00. The Balaban J connectivity index is 1.92. The summed E-state index contributed by atoms with van der Waals surface area (Å²) in [5, 5.41) is 13.0. The molecule has 0 aliphatic rings. The van der Waals surface area contributed by atoms with Crippen LogP contribution in [0.5, 0.6) is 5.75 Å². The Bertz CT molecular complexity index is 584.